The number of aromatic amines is 1. The van der Waals surface area contributed by atoms with E-state index in [9.17, 15) is 0 Å². The lowest BCUT2D eigenvalue weighted by Crippen LogP contribution is -2.15. The molecule has 3 heterocycles. The Morgan fingerprint density at radius 1 is 1.57 bits per heavy atom. The Morgan fingerprint density at radius 2 is 2.57 bits per heavy atom. The minimum absolute atomic E-state index is 0.0625. The van der Waals surface area contributed by atoms with E-state index in [0.717, 1.165) is 18.7 Å². The second-order valence-electron chi connectivity index (χ2n) is 3.31. The van der Waals surface area contributed by atoms with Gasteiger partial charge in [-0.25, -0.2) is 4.98 Å². The van der Waals surface area contributed by atoms with Crippen molar-refractivity contribution < 1.29 is 4.74 Å². The number of imidazole rings is 1. The maximum Gasteiger partial charge on any atom is 0.125 e. The van der Waals surface area contributed by atoms with Crippen molar-refractivity contribution in [2.75, 3.05) is 6.61 Å². The molecule has 1 aliphatic rings. The second-order valence-corrected chi connectivity index (χ2v) is 4.31. The topological polar surface area (TPSA) is 37.9 Å². The molecule has 1 N–H and O–H groups in total. The fourth-order valence-electron chi connectivity index (χ4n) is 1.81. The molecule has 0 aromatic carbocycles. The Bertz CT molecular complexity index is 421. The van der Waals surface area contributed by atoms with E-state index < -0.39 is 0 Å². The fraction of sp³-hybridized carbons (Fsp3) is 0.300. The third-order valence-corrected chi connectivity index (χ3v) is 3.47. The summed E-state index contributed by atoms with van der Waals surface area (Å²) in [5.41, 5.74) is 2.34. The Labute approximate surface area is 85.8 Å². The minimum atomic E-state index is 0.0625. The highest BCUT2D eigenvalue weighted by molar-refractivity contribution is 7.10. The van der Waals surface area contributed by atoms with E-state index in [1.165, 1.54) is 10.4 Å². The molecule has 0 saturated heterocycles. The van der Waals surface area contributed by atoms with Gasteiger partial charge in [-0.3, -0.25) is 0 Å². The van der Waals surface area contributed by atoms with Crippen LogP contribution in [0.1, 0.15) is 22.2 Å². The van der Waals surface area contributed by atoms with Crippen LogP contribution >= 0.6 is 11.3 Å². The number of nitrogens with one attached hydrogen (secondary N) is 1. The Balaban J connectivity index is 2.04. The lowest BCUT2D eigenvalue weighted by atomic mass is 10.0. The summed E-state index contributed by atoms with van der Waals surface area (Å²) in [4.78, 5) is 8.57. The highest BCUT2D eigenvalue weighted by Crippen LogP contribution is 2.34. The van der Waals surface area contributed by atoms with Gasteiger partial charge in [-0.15, -0.1) is 11.3 Å². The van der Waals surface area contributed by atoms with Crippen LogP contribution in [0.2, 0.25) is 0 Å². The first-order valence-corrected chi connectivity index (χ1v) is 5.49. The van der Waals surface area contributed by atoms with Gasteiger partial charge in [0.15, 0.2) is 0 Å². The van der Waals surface area contributed by atoms with E-state index in [2.05, 4.69) is 21.4 Å². The Hall–Kier alpha value is -1.13. The molecule has 4 heteroatoms. The predicted molar refractivity (Wildman–Crippen MR) is 54.4 cm³/mol. The summed E-state index contributed by atoms with van der Waals surface area (Å²) in [5.74, 6) is 0. The van der Waals surface area contributed by atoms with Crippen LogP contribution < -0.4 is 0 Å². The summed E-state index contributed by atoms with van der Waals surface area (Å²) < 4.78 is 5.74. The number of aromatic nitrogens is 2. The van der Waals surface area contributed by atoms with Crippen LogP contribution in [0.3, 0.4) is 0 Å². The molecule has 1 aliphatic heterocycles. The quantitative estimate of drug-likeness (QED) is 0.776. The molecule has 0 fully saturated rings. The van der Waals surface area contributed by atoms with Gasteiger partial charge in [0.1, 0.15) is 6.10 Å². The maximum atomic E-state index is 5.74. The smallest absolute Gasteiger partial charge is 0.125 e. The largest absolute Gasteiger partial charge is 0.367 e. The highest BCUT2D eigenvalue weighted by Gasteiger charge is 2.24. The van der Waals surface area contributed by atoms with Gasteiger partial charge in [0.2, 0.25) is 0 Å². The van der Waals surface area contributed by atoms with Crippen LogP contribution in [0.15, 0.2) is 24.0 Å². The van der Waals surface area contributed by atoms with Crippen molar-refractivity contribution in [1.29, 1.82) is 0 Å². The normalized spacial score (nSPS) is 20.7. The van der Waals surface area contributed by atoms with Gasteiger partial charge < -0.3 is 9.72 Å². The molecule has 1 atom stereocenters. The molecule has 0 spiro atoms. The summed E-state index contributed by atoms with van der Waals surface area (Å²) in [7, 11) is 0. The van der Waals surface area contributed by atoms with Gasteiger partial charge >= 0.3 is 0 Å². The van der Waals surface area contributed by atoms with Crippen molar-refractivity contribution >= 4 is 11.3 Å². The van der Waals surface area contributed by atoms with Crippen LogP contribution in [-0.2, 0) is 11.2 Å². The van der Waals surface area contributed by atoms with E-state index in [-0.39, 0.29) is 6.10 Å². The third-order valence-electron chi connectivity index (χ3n) is 2.48. The lowest BCUT2D eigenvalue weighted by molar-refractivity contribution is 0.0687. The molecule has 0 aliphatic carbocycles. The van der Waals surface area contributed by atoms with Gasteiger partial charge in [-0.1, -0.05) is 0 Å². The molecule has 0 amide bonds. The zero-order valence-corrected chi connectivity index (χ0v) is 8.38. The van der Waals surface area contributed by atoms with E-state index in [0.29, 0.717) is 0 Å². The van der Waals surface area contributed by atoms with Crippen molar-refractivity contribution in [1.82, 2.24) is 9.97 Å². The van der Waals surface area contributed by atoms with Crippen LogP contribution in [0.5, 0.6) is 0 Å². The third kappa shape index (κ3) is 1.19. The van der Waals surface area contributed by atoms with E-state index >= 15 is 0 Å². The number of hydrogen-bond acceptors (Lipinski definition) is 3. The molecule has 2 aromatic rings. The first-order chi connectivity index (χ1) is 6.95. The van der Waals surface area contributed by atoms with Crippen molar-refractivity contribution in [2.45, 2.75) is 12.5 Å². The van der Waals surface area contributed by atoms with Gasteiger partial charge in [0.05, 0.1) is 24.8 Å². The number of rotatable bonds is 1. The first kappa shape index (κ1) is 8.20. The summed E-state index contributed by atoms with van der Waals surface area (Å²) in [6, 6.07) is 2.14. The summed E-state index contributed by atoms with van der Waals surface area (Å²) in [6.45, 7) is 0.803. The second kappa shape index (κ2) is 3.22. The average Bonchev–Trinajstić information content (AvgIpc) is 2.88. The molecule has 3 rings (SSSR count). The van der Waals surface area contributed by atoms with E-state index in [1.54, 1.807) is 6.33 Å². The maximum absolute atomic E-state index is 5.74. The summed E-state index contributed by atoms with van der Waals surface area (Å²) in [5, 5.41) is 2.13. The molecular formula is C10H10N2OS. The van der Waals surface area contributed by atoms with Crippen LogP contribution in [0.4, 0.5) is 0 Å². The Kier molecular flexibility index (Phi) is 1.89. The Morgan fingerprint density at radius 3 is 3.43 bits per heavy atom. The molecule has 1 unspecified atom stereocenters. The number of ether oxygens (including phenoxy) is 1. The van der Waals surface area contributed by atoms with E-state index in [1.807, 2.05) is 17.5 Å². The minimum Gasteiger partial charge on any atom is -0.367 e. The van der Waals surface area contributed by atoms with Crippen LogP contribution in [-0.4, -0.2) is 16.6 Å². The first-order valence-electron chi connectivity index (χ1n) is 4.61. The monoisotopic (exact) mass is 206 g/mol. The van der Waals surface area contributed by atoms with Gasteiger partial charge in [0, 0.05) is 16.9 Å². The molecule has 72 valence electrons. The molecule has 0 bridgehead atoms. The summed E-state index contributed by atoms with van der Waals surface area (Å²) >= 11 is 1.81. The average molecular weight is 206 g/mol. The number of hydrogen-bond donors (Lipinski definition) is 1. The zero-order valence-electron chi connectivity index (χ0n) is 7.56. The van der Waals surface area contributed by atoms with Crippen LogP contribution in [0, 0.1) is 0 Å². The number of nitrogens with zero attached hydrogens (tertiary/aromatic N) is 1. The number of H-pyrrole nitrogens is 1. The molecular weight excluding hydrogens is 196 g/mol. The van der Waals surface area contributed by atoms with Crippen molar-refractivity contribution in [3.63, 3.8) is 0 Å². The molecule has 3 nitrogen and oxygen atoms in total. The molecule has 0 radical (unpaired) electrons. The number of thiophene rings is 1. The number of fused-ring (bicyclic) bond motifs is 1. The van der Waals surface area contributed by atoms with Gasteiger partial charge in [-0.05, 0) is 11.4 Å². The zero-order chi connectivity index (χ0) is 9.38. The predicted octanol–water partition coefficient (Wildman–Crippen LogP) is 2.13. The fourth-order valence-corrected chi connectivity index (χ4v) is 2.71. The van der Waals surface area contributed by atoms with Gasteiger partial charge in [-0.2, -0.15) is 0 Å². The molecule has 14 heavy (non-hydrogen) atoms. The van der Waals surface area contributed by atoms with Crippen molar-refractivity contribution in [3.8, 4) is 0 Å². The van der Waals surface area contributed by atoms with Crippen molar-refractivity contribution in [3.05, 3.63) is 40.1 Å². The van der Waals surface area contributed by atoms with Crippen molar-refractivity contribution in [2.24, 2.45) is 0 Å². The highest BCUT2D eigenvalue weighted by atomic mass is 32.1. The SMILES string of the molecule is c1ncc(C2OCCc3sccc32)[nH]1. The van der Waals surface area contributed by atoms with Gasteiger partial charge in [0.25, 0.3) is 0 Å². The molecule has 2 aromatic heterocycles. The van der Waals surface area contributed by atoms with Crippen LogP contribution in [0.25, 0.3) is 0 Å². The molecule has 0 saturated carbocycles. The van der Waals surface area contributed by atoms with E-state index in [4.69, 9.17) is 4.74 Å². The standard InChI is InChI=1S/C10H10N2OS/c1-3-13-10(8-5-11-6-12-8)7-2-4-14-9(1)7/h2,4-6,10H,1,3H2,(H,11,12). The summed E-state index contributed by atoms with van der Waals surface area (Å²) in [6.07, 6.45) is 4.63. The lowest BCUT2D eigenvalue weighted by Gasteiger charge is -2.21.